The molecule has 0 aliphatic rings. The maximum absolute atomic E-state index is 14.0. The highest BCUT2D eigenvalue weighted by Crippen LogP contribution is 2.25. The Morgan fingerprint density at radius 3 is 2.53 bits per heavy atom. The van der Waals surface area contributed by atoms with Gasteiger partial charge in [0.15, 0.2) is 0 Å². The highest BCUT2D eigenvalue weighted by Gasteiger charge is 2.23. The Kier molecular flexibility index (Phi) is 6.51. The minimum Gasteiger partial charge on any atom is -0.491 e. The summed E-state index contributed by atoms with van der Waals surface area (Å²) in [5.74, 6) is -1.91. The van der Waals surface area contributed by atoms with Crippen LogP contribution in [-0.2, 0) is 14.8 Å². The number of ether oxygens (including phenoxy) is 1. The largest absolute Gasteiger partial charge is 0.491 e. The first kappa shape index (κ1) is 21.5. The van der Waals surface area contributed by atoms with E-state index in [9.17, 15) is 22.0 Å². The smallest absolute Gasteiger partial charge is 0.240 e. The van der Waals surface area contributed by atoms with E-state index < -0.39 is 39.8 Å². The molecule has 3 aromatic carbocycles. The number of carbonyl (C=O) groups excluding carboxylic acids is 1. The number of nitrogens with zero attached hydrogens (tertiary/aromatic N) is 1. The second kappa shape index (κ2) is 9.08. The van der Waals surface area contributed by atoms with Crippen molar-refractivity contribution in [2.75, 3.05) is 30.3 Å². The van der Waals surface area contributed by atoms with E-state index in [-0.39, 0.29) is 13.2 Å². The molecule has 30 heavy (non-hydrogen) atoms. The van der Waals surface area contributed by atoms with E-state index in [2.05, 4.69) is 5.32 Å². The Bertz CT molecular complexity index is 1160. The predicted molar refractivity (Wildman–Crippen MR) is 111 cm³/mol. The van der Waals surface area contributed by atoms with Crippen LogP contribution < -0.4 is 14.4 Å². The van der Waals surface area contributed by atoms with Gasteiger partial charge in [-0.2, -0.15) is 0 Å². The van der Waals surface area contributed by atoms with Gasteiger partial charge >= 0.3 is 0 Å². The first-order chi connectivity index (χ1) is 14.3. The summed E-state index contributed by atoms with van der Waals surface area (Å²) < 4.78 is 57.4. The van der Waals surface area contributed by atoms with Crippen LogP contribution in [0.3, 0.4) is 0 Å². The van der Waals surface area contributed by atoms with E-state index >= 15 is 0 Å². The third kappa shape index (κ3) is 5.24. The van der Waals surface area contributed by atoms with Crippen LogP contribution in [0.4, 0.5) is 14.5 Å². The molecule has 0 fully saturated rings. The van der Waals surface area contributed by atoms with E-state index in [1.807, 2.05) is 42.5 Å². The van der Waals surface area contributed by atoms with Crippen molar-refractivity contribution >= 4 is 32.4 Å². The van der Waals surface area contributed by atoms with Crippen molar-refractivity contribution in [3.05, 3.63) is 72.3 Å². The van der Waals surface area contributed by atoms with Gasteiger partial charge in [0.2, 0.25) is 15.9 Å². The van der Waals surface area contributed by atoms with Gasteiger partial charge in [0.1, 0.15) is 30.5 Å². The third-order valence-electron chi connectivity index (χ3n) is 4.30. The van der Waals surface area contributed by atoms with Crippen molar-refractivity contribution in [1.82, 2.24) is 5.32 Å². The molecule has 6 nitrogen and oxygen atoms in total. The van der Waals surface area contributed by atoms with Crippen LogP contribution in [-0.4, -0.2) is 40.3 Å². The van der Waals surface area contributed by atoms with Crippen molar-refractivity contribution in [3.63, 3.8) is 0 Å². The number of anilines is 1. The second-order valence-electron chi connectivity index (χ2n) is 6.54. The molecule has 0 saturated heterocycles. The number of sulfonamides is 1. The summed E-state index contributed by atoms with van der Waals surface area (Å²) in [5.41, 5.74) is -0.402. The fourth-order valence-corrected chi connectivity index (χ4v) is 3.78. The molecular formula is C21H20F2N2O4S. The summed E-state index contributed by atoms with van der Waals surface area (Å²) in [6.07, 6.45) is 0.840. The molecule has 0 aromatic heterocycles. The lowest BCUT2D eigenvalue weighted by Crippen LogP contribution is -2.41. The lowest BCUT2D eigenvalue weighted by molar-refractivity contribution is -0.119. The van der Waals surface area contributed by atoms with E-state index in [0.29, 0.717) is 16.1 Å². The first-order valence-electron chi connectivity index (χ1n) is 9.06. The number of benzene rings is 3. The van der Waals surface area contributed by atoms with Crippen LogP contribution in [0.15, 0.2) is 60.7 Å². The highest BCUT2D eigenvalue weighted by atomic mass is 32.2. The maximum atomic E-state index is 14.0. The van der Waals surface area contributed by atoms with Crippen molar-refractivity contribution in [3.8, 4) is 5.75 Å². The average molecular weight is 434 g/mol. The Morgan fingerprint density at radius 1 is 1.07 bits per heavy atom. The topological polar surface area (TPSA) is 75.7 Å². The maximum Gasteiger partial charge on any atom is 0.240 e. The molecule has 1 amide bonds. The molecule has 0 heterocycles. The lowest BCUT2D eigenvalue weighted by Gasteiger charge is -2.22. The van der Waals surface area contributed by atoms with Gasteiger partial charge in [0, 0.05) is 11.5 Å². The minimum atomic E-state index is -3.97. The first-order valence-corrected chi connectivity index (χ1v) is 10.9. The molecule has 0 aliphatic heterocycles. The van der Waals surface area contributed by atoms with Gasteiger partial charge in [-0.15, -0.1) is 0 Å². The van der Waals surface area contributed by atoms with Gasteiger partial charge in [-0.05, 0) is 23.6 Å². The molecule has 0 aliphatic carbocycles. The Hall–Kier alpha value is -3.20. The van der Waals surface area contributed by atoms with Crippen LogP contribution in [0.25, 0.3) is 10.8 Å². The van der Waals surface area contributed by atoms with E-state index in [1.54, 1.807) is 0 Å². The summed E-state index contributed by atoms with van der Waals surface area (Å²) in [6.45, 7) is -0.370. The highest BCUT2D eigenvalue weighted by molar-refractivity contribution is 7.92. The molecule has 0 radical (unpaired) electrons. The number of fused-ring (bicyclic) bond motifs is 1. The molecule has 0 unspecified atom stereocenters. The van der Waals surface area contributed by atoms with Crippen molar-refractivity contribution in [2.45, 2.75) is 0 Å². The monoisotopic (exact) mass is 434 g/mol. The number of carbonyl (C=O) groups is 1. The van der Waals surface area contributed by atoms with E-state index in [1.165, 1.54) is 0 Å². The Balaban J connectivity index is 1.59. The summed E-state index contributed by atoms with van der Waals surface area (Å²) >= 11 is 0. The Morgan fingerprint density at radius 2 is 1.80 bits per heavy atom. The van der Waals surface area contributed by atoms with Gasteiger partial charge in [0.25, 0.3) is 0 Å². The normalized spacial score (nSPS) is 11.3. The lowest BCUT2D eigenvalue weighted by atomic mass is 10.1. The molecular weight excluding hydrogens is 414 g/mol. The molecule has 0 bridgehead atoms. The van der Waals surface area contributed by atoms with Crippen LogP contribution in [0.5, 0.6) is 5.75 Å². The number of hydrogen-bond acceptors (Lipinski definition) is 4. The fourth-order valence-electron chi connectivity index (χ4n) is 2.92. The van der Waals surface area contributed by atoms with Gasteiger partial charge < -0.3 is 10.1 Å². The van der Waals surface area contributed by atoms with Crippen LogP contribution in [0.2, 0.25) is 0 Å². The minimum absolute atomic E-state index is 0.117. The van der Waals surface area contributed by atoms with E-state index in [4.69, 9.17) is 4.74 Å². The number of amides is 1. The number of halogens is 2. The summed E-state index contributed by atoms with van der Waals surface area (Å²) in [5, 5.41) is 4.49. The molecule has 158 valence electrons. The van der Waals surface area contributed by atoms with Crippen LogP contribution >= 0.6 is 0 Å². The molecule has 3 aromatic rings. The fraction of sp³-hybridized carbons (Fsp3) is 0.190. The van der Waals surface area contributed by atoms with Crippen molar-refractivity contribution < 1.29 is 26.7 Å². The molecule has 0 atom stereocenters. The summed E-state index contributed by atoms with van der Waals surface area (Å²) in [4.78, 5) is 12.2. The molecule has 1 N–H and O–H groups in total. The molecule has 0 spiro atoms. The number of rotatable bonds is 8. The molecule has 3 rings (SSSR count). The number of nitrogens with one attached hydrogen (secondary N) is 1. The van der Waals surface area contributed by atoms with Crippen molar-refractivity contribution in [2.24, 2.45) is 0 Å². The van der Waals surface area contributed by atoms with Gasteiger partial charge in [-0.1, -0.05) is 36.4 Å². The third-order valence-corrected chi connectivity index (χ3v) is 5.42. The summed E-state index contributed by atoms with van der Waals surface area (Å²) in [6, 6.07) is 15.8. The molecule has 9 heteroatoms. The quantitative estimate of drug-likeness (QED) is 0.553. The predicted octanol–water partition coefficient (Wildman–Crippen LogP) is 3.08. The van der Waals surface area contributed by atoms with Gasteiger partial charge in [0.05, 0.1) is 18.5 Å². The average Bonchev–Trinajstić information content (AvgIpc) is 2.69. The zero-order valence-corrected chi connectivity index (χ0v) is 17.0. The zero-order valence-electron chi connectivity index (χ0n) is 16.1. The van der Waals surface area contributed by atoms with Crippen LogP contribution in [0, 0.1) is 11.6 Å². The zero-order chi connectivity index (χ0) is 21.7. The number of hydrogen-bond donors (Lipinski definition) is 1. The molecule has 0 saturated carbocycles. The van der Waals surface area contributed by atoms with Crippen LogP contribution in [0.1, 0.15) is 0 Å². The standard InChI is InChI=1S/C21H20F2N2O4S/c1-30(27,28)25(19-10-9-16(22)13-18(19)23)14-21(26)24-11-12-29-20-8-4-6-15-5-2-3-7-17(15)20/h2-10,13H,11-12,14H2,1H3,(H,24,26). The van der Waals surface area contributed by atoms with Crippen molar-refractivity contribution in [1.29, 1.82) is 0 Å². The van der Waals surface area contributed by atoms with Gasteiger partial charge in [-0.3, -0.25) is 9.10 Å². The summed E-state index contributed by atoms with van der Waals surface area (Å²) in [7, 11) is -3.97. The second-order valence-corrected chi connectivity index (χ2v) is 8.45. The Labute approximate surface area is 173 Å². The SMILES string of the molecule is CS(=O)(=O)N(CC(=O)NCCOc1cccc2ccccc12)c1ccc(F)cc1F. The van der Waals surface area contributed by atoms with Gasteiger partial charge in [-0.25, -0.2) is 17.2 Å². The van der Waals surface area contributed by atoms with E-state index in [0.717, 1.165) is 29.2 Å².